The first kappa shape index (κ1) is 16.8. The fourth-order valence-corrected chi connectivity index (χ4v) is 1.88. The van der Waals surface area contributed by atoms with Crippen molar-refractivity contribution in [2.45, 2.75) is 52.2 Å². The Labute approximate surface area is 106 Å². The van der Waals surface area contributed by atoms with Gasteiger partial charge in [0, 0.05) is 38.3 Å². The SMILES string of the molecule is CCC(C)N(CCOC)CC(CO)NC(C)C. The van der Waals surface area contributed by atoms with Gasteiger partial charge in [-0.1, -0.05) is 20.8 Å². The molecule has 0 amide bonds. The fourth-order valence-electron chi connectivity index (χ4n) is 1.88. The number of nitrogens with one attached hydrogen (secondary N) is 1. The van der Waals surface area contributed by atoms with Crippen molar-refractivity contribution in [3.63, 3.8) is 0 Å². The van der Waals surface area contributed by atoms with E-state index >= 15 is 0 Å². The second-order valence-electron chi connectivity index (χ2n) is 4.95. The summed E-state index contributed by atoms with van der Waals surface area (Å²) in [6, 6.07) is 1.06. The number of methoxy groups -OCH3 is 1. The second-order valence-corrected chi connectivity index (χ2v) is 4.95. The van der Waals surface area contributed by atoms with Crippen LogP contribution in [0.1, 0.15) is 34.1 Å². The third kappa shape index (κ3) is 7.71. The van der Waals surface area contributed by atoms with Crippen molar-refractivity contribution in [1.82, 2.24) is 10.2 Å². The molecule has 0 aromatic carbocycles. The topological polar surface area (TPSA) is 44.7 Å². The molecule has 17 heavy (non-hydrogen) atoms. The van der Waals surface area contributed by atoms with Crippen LogP contribution in [0.25, 0.3) is 0 Å². The van der Waals surface area contributed by atoms with E-state index in [0.29, 0.717) is 12.1 Å². The summed E-state index contributed by atoms with van der Waals surface area (Å²) in [5.41, 5.74) is 0. The molecule has 0 radical (unpaired) electrons. The third-order valence-corrected chi connectivity index (χ3v) is 3.04. The van der Waals surface area contributed by atoms with Gasteiger partial charge in [-0.3, -0.25) is 4.90 Å². The van der Waals surface area contributed by atoms with E-state index < -0.39 is 0 Å². The zero-order valence-corrected chi connectivity index (χ0v) is 12.1. The van der Waals surface area contributed by atoms with Gasteiger partial charge >= 0.3 is 0 Å². The molecule has 2 atom stereocenters. The van der Waals surface area contributed by atoms with Crippen molar-refractivity contribution in [1.29, 1.82) is 0 Å². The van der Waals surface area contributed by atoms with Crippen molar-refractivity contribution >= 4 is 0 Å². The standard InChI is InChI=1S/C13H30N2O2/c1-6-12(4)15(7-8-17-5)9-13(10-16)14-11(2)3/h11-14,16H,6-10H2,1-5H3. The molecule has 2 unspecified atom stereocenters. The summed E-state index contributed by atoms with van der Waals surface area (Å²) >= 11 is 0. The zero-order valence-electron chi connectivity index (χ0n) is 12.1. The van der Waals surface area contributed by atoms with Crippen LogP contribution < -0.4 is 5.32 Å². The number of aliphatic hydroxyl groups excluding tert-OH is 1. The lowest BCUT2D eigenvalue weighted by atomic mass is 10.1. The van der Waals surface area contributed by atoms with Crippen LogP contribution in [0.2, 0.25) is 0 Å². The Bertz CT molecular complexity index is 177. The first-order valence-corrected chi connectivity index (χ1v) is 6.65. The molecule has 0 saturated carbocycles. The van der Waals surface area contributed by atoms with Crippen molar-refractivity contribution in [2.75, 3.05) is 33.4 Å². The molecule has 0 aromatic heterocycles. The van der Waals surface area contributed by atoms with Gasteiger partial charge in [0.25, 0.3) is 0 Å². The van der Waals surface area contributed by atoms with E-state index in [1.807, 2.05) is 0 Å². The summed E-state index contributed by atoms with van der Waals surface area (Å²) in [5, 5.41) is 12.8. The molecule has 0 rings (SSSR count). The summed E-state index contributed by atoms with van der Waals surface area (Å²) in [4.78, 5) is 2.37. The van der Waals surface area contributed by atoms with E-state index in [1.54, 1.807) is 7.11 Å². The smallest absolute Gasteiger partial charge is 0.0597 e. The lowest BCUT2D eigenvalue weighted by molar-refractivity contribution is 0.101. The van der Waals surface area contributed by atoms with Crippen LogP contribution in [-0.2, 0) is 4.74 Å². The average molecular weight is 246 g/mol. The average Bonchev–Trinajstić information content (AvgIpc) is 2.31. The Hall–Kier alpha value is -0.160. The van der Waals surface area contributed by atoms with Crippen molar-refractivity contribution in [3.8, 4) is 0 Å². The maximum Gasteiger partial charge on any atom is 0.0597 e. The van der Waals surface area contributed by atoms with Gasteiger partial charge in [0.05, 0.1) is 13.2 Å². The Morgan fingerprint density at radius 2 is 1.94 bits per heavy atom. The van der Waals surface area contributed by atoms with Gasteiger partial charge in [-0.15, -0.1) is 0 Å². The number of nitrogens with zero attached hydrogens (tertiary/aromatic N) is 1. The summed E-state index contributed by atoms with van der Waals surface area (Å²) < 4.78 is 5.14. The fraction of sp³-hybridized carbons (Fsp3) is 1.00. The van der Waals surface area contributed by atoms with Gasteiger partial charge in [0.15, 0.2) is 0 Å². The highest BCUT2D eigenvalue weighted by Crippen LogP contribution is 2.05. The highest BCUT2D eigenvalue weighted by molar-refractivity contribution is 4.76. The van der Waals surface area contributed by atoms with E-state index in [9.17, 15) is 5.11 Å². The van der Waals surface area contributed by atoms with Gasteiger partial charge in [-0.25, -0.2) is 0 Å². The Balaban J connectivity index is 4.26. The molecule has 0 aliphatic heterocycles. The Kier molecular flexibility index (Phi) is 9.74. The monoisotopic (exact) mass is 246 g/mol. The van der Waals surface area contributed by atoms with Gasteiger partial charge in [-0.05, 0) is 13.3 Å². The number of hydrogen-bond donors (Lipinski definition) is 2. The number of rotatable bonds is 10. The molecule has 0 heterocycles. The van der Waals surface area contributed by atoms with Crippen molar-refractivity contribution in [3.05, 3.63) is 0 Å². The number of aliphatic hydroxyl groups is 1. The van der Waals surface area contributed by atoms with Gasteiger partial charge in [0.2, 0.25) is 0 Å². The number of ether oxygens (including phenoxy) is 1. The molecule has 0 saturated heterocycles. The predicted molar refractivity (Wildman–Crippen MR) is 72.3 cm³/mol. The Morgan fingerprint density at radius 3 is 2.35 bits per heavy atom. The molecule has 0 bridgehead atoms. The third-order valence-electron chi connectivity index (χ3n) is 3.04. The molecular weight excluding hydrogens is 216 g/mol. The van der Waals surface area contributed by atoms with Crippen LogP contribution in [0, 0.1) is 0 Å². The molecule has 0 aliphatic carbocycles. The van der Waals surface area contributed by atoms with Gasteiger partial charge < -0.3 is 15.2 Å². The maximum atomic E-state index is 9.38. The molecule has 104 valence electrons. The molecule has 4 heteroatoms. The predicted octanol–water partition coefficient (Wildman–Crippen LogP) is 1.09. The highest BCUT2D eigenvalue weighted by Gasteiger charge is 2.17. The maximum absolute atomic E-state index is 9.38. The normalized spacial score (nSPS) is 15.5. The van der Waals surface area contributed by atoms with E-state index in [2.05, 4.69) is 37.9 Å². The van der Waals surface area contributed by atoms with Gasteiger partial charge in [0.1, 0.15) is 0 Å². The quantitative estimate of drug-likeness (QED) is 0.606. The molecule has 0 spiro atoms. The molecule has 0 fully saturated rings. The molecule has 0 aliphatic rings. The molecular formula is C13H30N2O2. The Morgan fingerprint density at radius 1 is 1.29 bits per heavy atom. The van der Waals surface area contributed by atoms with Crippen LogP contribution in [0.15, 0.2) is 0 Å². The minimum atomic E-state index is 0.140. The van der Waals surface area contributed by atoms with Crippen molar-refractivity contribution in [2.24, 2.45) is 0 Å². The van der Waals surface area contributed by atoms with Crippen molar-refractivity contribution < 1.29 is 9.84 Å². The largest absolute Gasteiger partial charge is 0.395 e. The zero-order chi connectivity index (χ0) is 13.3. The molecule has 0 aromatic rings. The van der Waals surface area contributed by atoms with E-state index in [0.717, 1.165) is 26.1 Å². The molecule has 2 N–H and O–H groups in total. The van der Waals surface area contributed by atoms with Crippen LogP contribution in [0.5, 0.6) is 0 Å². The van der Waals surface area contributed by atoms with E-state index in [1.165, 1.54) is 0 Å². The minimum absolute atomic E-state index is 0.140. The lowest BCUT2D eigenvalue weighted by Gasteiger charge is -2.32. The molecule has 4 nitrogen and oxygen atoms in total. The van der Waals surface area contributed by atoms with Gasteiger partial charge in [-0.2, -0.15) is 0 Å². The first-order valence-electron chi connectivity index (χ1n) is 6.65. The first-order chi connectivity index (χ1) is 8.04. The van der Waals surface area contributed by atoms with Crippen LogP contribution in [0.4, 0.5) is 0 Å². The summed E-state index contributed by atoms with van der Waals surface area (Å²) in [6.45, 7) is 11.3. The summed E-state index contributed by atoms with van der Waals surface area (Å²) in [5.74, 6) is 0. The van der Waals surface area contributed by atoms with Crippen LogP contribution in [-0.4, -0.2) is 61.5 Å². The second kappa shape index (κ2) is 9.83. The minimum Gasteiger partial charge on any atom is -0.395 e. The van der Waals surface area contributed by atoms with E-state index in [-0.39, 0.29) is 12.6 Å². The number of hydrogen-bond acceptors (Lipinski definition) is 4. The lowest BCUT2D eigenvalue weighted by Crippen LogP contribution is -2.49. The summed E-state index contributed by atoms with van der Waals surface area (Å²) in [7, 11) is 1.73. The summed E-state index contributed by atoms with van der Waals surface area (Å²) in [6.07, 6.45) is 1.11. The van der Waals surface area contributed by atoms with E-state index in [4.69, 9.17) is 4.74 Å². The van der Waals surface area contributed by atoms with Crippen LogP contribution >= 0.6 is 0 Å². The van der Waals surface area contributed by atoms with Crippen LogP contribution in [0.3, 0.4) is 0 Å². The highest BCUT2D eigenvalue weighted by atomic mass is 16.5.